The summed E-state index contributed by atoms with van der Waals surface area (Å²) in [5.74, 6) is -1.54. The summed E-state index contributed by atoms with van der Waals surface area (Å²) in [6.07, 6.45) is 0. The van der Waals surface area contributed by atoms with Crippen molar-refractivity contribution in [3.05, 3.63) is 23.8 Å². The first-order valence-electron chi connectivity index (χ1n) is 4.00. The second-order valence-electron chi connectivity index (χ2n) is 2.75. The van der Waals surface area contributed by atoms with Crippen LogP contribution in [0.15, 0.2) is 18.2 Å². The van der Waals surface area contributed by atoms with Gasteiger partial charge in [0.05, 0.1) is 7.11 Å². The minimum atomic E-state index is -4.78. The number of methoxy groups -OCH3 is 1. The van der Waals surface area contributed by atoms with Gasteiger partial charge in [0.2, 0.25) is 0 Å². The molecule has 0 bridgehead atoms. The molecule has 1 aromatic rings. The molecular formula is C8H9O7P. The number of benzene rings is 1. The highest BCUT2D eigenvalue weighted by Gasteiger charge is 2.21. The van der Waals surface area contributed by atoms with Crippen molar-refractivity contribution in [2.75, 3.05) is 7.11 Å². The van der Waals surface area contributed by atoms with Crippen LogP contribution in [0.1, 0.15) is 10.4 Å². The highest BCUT2D eigenvalue weighted by molar-refractivity contribution is 7.46. The van der Waals surface area contributed by atoms with Crippen molar-refractivity contribution in [3.8, 4) is 11.5 Å². The van der Waals surface area contributed by atoms with Gasteiger partial charge in [0.25, 0.3) is 0 Å². The Morgan fingerprint density at radius 2 is 2.00 bits per heavy atom. The molecule has 0 saturated carbocycles. The Morgan fingerprint density at radius 1 is 1.38 bits per heavy atom. The molecule has 0 heterocycles. The molecule has 16 heavy (non-hydrogen) atoms. The maximum absolute atomic E-state index is 10.8. The van der Waals surface area contributed by atoms with Crippen molar-refractivity contribution >= 4 is 13.8 Å². The average Bonchev–Trinajstić information content (AvgIpc) is 2.15. The monoisotopic (exact) mass is 248 g/mol. The fraction of sp³-hybridized carbons (Fsp3) is 0.125. The molecule has 3 N–H and O–H groups in total. The van der Waals surface area contributed by atoms with Crippen LogP contribution >= 0.6 is 7.82 Å². The van der Waals surface area contributed by atoms with Gasteiger partial charge in [-0.1, -0.05) is 0 Å². The first-order valence-corrected chi connectivity index (χ1v) is 5.53. The zero-order chi connectivity index (χ0) is 12.3. The SMILES string of the molecule is COc1ccc(OP(=O)(O)O)c(C(=O)O)c1. The lowest BCUT2D eigenvalue weighted by Gasteiger charge is -2.10. The van der Waals surface area contributed by atoms with E-state index in [4.69, 9.17) is 19.6 Å². The summed E-state index contributed by atoms with van der Waals surface area (Å²) < 4.78 is 19.6. The number of hydrogen-bond donors (Lipinski definition) is 3. The number of phosphoric ester groups is 1. The van der Waals surface area contributed by atoms with Gasteiger partial charge in [0.1, 0.15) is 17.1 Å². The zero-order valence-corrected chi connectivity index (χ0v) is 9.05. The molecule has 0 aromatic heterocycles. The summed E-state index contributed by atoms with van der Waals surface area (Å²) in [6, 6.07) is 3.55. The molecule has 0 radical (unpaired) electrons. The van der Waals surface area contributed by atoms with Crippen molar-refractivity contribution in [3.63, 3.8) is 0 Å². The van der Waals surface area contributed by atoms with Gasteiger partial charge in [0, 0.05) is 0 Å². The van der Waals surface area contributed by atoms with Crippen LogP contribution < -0.4 is 9.26 Å². The van der Waals surface area contributed by atoms with Crippen LogP contribution in [0.25, 0.3) is 0 Å². The predicted octanol–water partition coefficient (Wildman–Crippen LogP) is 0.865. The maximum Gasteiger partial charge on any atom is 0.524 e. The number of carboxylic acids is 1. The number of hydrogen-bond acceptors (Lipinski definition) is 4. The summed E-state index contributed by atoms with van der Waals surface area (Å²) in [7, 11) is -3.44. The normalized spacial score (nSPS) is 10.9. The summed E-state index contributed by atoms with van der Waals surface area (Å²) in [6.45, 7) is 0. The number of carbonyl (C=O) groups is 1. The van der Waals surface area contributed by atoms with E-state index in [1.165, 1.54) is 13.2 Å². The first kappa shape index (κ1) is 12.5. The van der Waals surface area contributed by atoms with Gasteiger partial charge in [-0.15, -0.1) is 0 Å². The Morgan fingerprint density at radius 3 is 2.44 bits per heavy atom. The maximum atomic E-state index is 10.8. The van der Waals surface area contributed by atoms with E-state index in [1.807, 2.05) is 0 Å². The lowest BCUT2D eigenvalue weighted by molar-refractivity contribution is 0.0694. The van der Waals surface area contributed by atoms with Gasteiger partial charge >= 0.3 is 13.8 Å². The standard InChI is InChI=1S/C8H9O7P/c1-14-5-2-3-7(15-16(11,12)13)6(4-5)8(9)10/h2-4H,1H3,(H,9,10)(H2,11,12,13). The average molecular weight is 248 g/mol. The van der Waals surface area contributed by atoms with Crippen LogP contribution in [0.2, 0.25) is 0 Å². The third kappa shape index (κ3) is 3.23. The van der Waals surface area contributed by atoms with Crippen LogP contribution in [0.3, 0.4) is 0 Å². The molecule has 0 saturated heterocycles. The Labute approximate surface area is 90.5 Å². The van der Waals surface area contributed by atoms with E-state index >= 15 is 0 Å². The summed E-state index contributed by atoms with van der Waals surface area (Å²) in [4.78, 5) is 27.9. The quantitative estimate of drug-likeness (QED) is 0.677. The number of carboxylic acid groups (broad SMARTS) is 1. The molecule has 8 heteroatoms. The minimum absolute atomic E-state index is 0.246. The van der Waals surface area contributed by atoms with E-state index in [9.17, 15) is 9.36 Å². The van der Waals surface area contributed by atoms with Gasteiger partial charge < -0.3 is 14.4 Å². The molecular weight excluding hydrogens is 239 g/mol. The zero-order valence-electron chi connectivity index (χ0n) is 8.15. The van der Waals surface area contributed by atoms with E-state index in [2.05, 4.69) is 4.52 Å². The smallest absolute Gasteiger partial charge is 0.497 e. The Hall–Kier alpha value is -1.56. The topological polar surface area (TPSA) is 113 Å². The van der Waals surface area contributed by atoms with Gasteiger partial charge in [-0.2, -0.15) is 0 Å². The predicted molar refractivity (Wildman–Crippen MR) is 52.6 cm³/mol. The third-order valence-electron chi connectivity index (χ3n) is 1.63. The highest BCUT2D eigenvalue weighted by Crippen LogP contribution is 2.39. The van der Waals surface area contributed by atoms with E-state index in [-0.39, 0.29) is 11.3 Å². The van der Waals surface area contributed by atoms with E-state index in [0.717, 1.165) is 12.1 Å². The van der Waals surface area contributed by atoms with E-state index < -0.39 is 19.5 Å². The van der Waals surface area contributed by atoms with Crippen molar-refractivity contribution in [1.82, 2.24) is 0 Å². The van der Waals surface area contributed by atoms with Gasteiger partial charge in [-0.05, 0) is 18.2 Å². The molecule has 1 rings (SSSR count). The Kier molecular flexibility index (Phi) is 3.54. The third-order valence-corrected chi connectivity index (χ3v) is 2.07. The molecule has 0 aliphatic heterocycles. The lowest BCUT2D eigenvalue weighted by atomic mass is 10.2. The van der Waals surface area contributed by atoms with Crippen molar-refractivity contribution in [2.24, 2.45) is 0 Å². The second kappa shape index (κ2) is 4.52. The Bertz CT molecular complexity index is 450. The number of ether oxygens (including phenoxy) is 1. The summed E-state index contributed by atoms with van der Waals surface area (Å²) in [5, 5.41) is 8.79. The second-order valence-corrected chi connectivity index (χ2v) is 3.91. The molecule has 0 aliphatic carbocycles. The minimum Gasteiger partial charge on any atom is -0.497 e. The lowest BCUT2D eigenvalue weighted by Crippen LogP contribution is -2.02. The number of aromatic carboxylic acids is 1. The largest absolute Gasteiger partial charge is 0.524 e. The molecule has 1 aromatic carbocycles. The summed E-state index contributed by atoms with van der Waals surface area (Å²) >= 11 is 0. The molecule has 0 fully saturated rings. The fourth-order valence-electron chi connectivity index (χ4n) is 1.01. The van der Waals surface area contributed by atoms with Crippen LogP contribution in [-0.4, -0.2) is 28.0 Å². The molecule has 0 unspecified atom stereocenters. The van der Waals surface area contributed by atoms with E-state index in [0.29, 0.717) is 0 Å². The Balaban J connectivity index is 3.18. The molecule has 0 spiro atoms. The summed E-state index contributed by atoms with van der Waals surface area (Å²) in [5.41, 5.74) is -0.386. The molecule has 0 aliphatic rings. The van der Waals surface area contributed by atoms with Crippen LogP contribution in [-0.2, 0) is 4.57 Å². The molecule has 7 nitrogen and oxygen atoms in total. The molecule has 0 atom stereocenters. The highest BCUT2D eigenvalue weighted by atomic mass is 31.2. The van der Waals surface area contributed by atoms with Crippen LogP contribution in [0.4, 0.5) is 0 Å². The van der Waals surface area contributed by atoms with Crippen molar-refractivity contribution < 1.29 is 33.5 Å². The van der Waals surface area contributed by atoms with Gasteiger partial charge in [-0.25, -0.2) is 9.36 Å². The van der Waals surface area contributed by atoms with Crippen molar-refractivity contribution in [2.45, 2.75) is 0 Å². The number of phosphoric acid groups is 1. The van der Waals surface area contributed by atoms with Gasteiger partial charge in [0.15, 0.2) is 0 Å². The first-order chi connectivity index (χ1) is 7.33. The molecule has 0 amide bonds. The fourth-order valence-corrected chi connectivity index (χ4v) is 1.43. The molecule has 88 valence electrons. The van der Waals surface area contributed by atoms with Crippen LogP contribution in [0.5, 0.6) is 11.5 Å². The van der Waals surface area contributed by atoms with Gasteiger partial charge in [-0.3, -0.25) is 9.79 Å². The van der Waals surface area contributed by atoms with Crippen LogP contribution in [0, 0.1) is 0 Å². The van der Waals surface area contributed by atoms with E-state index in [1.54, 1.807) is 0 Å². The number of rotatable bonds is 4. The van der Waals surface area contributed by atoms with Crippen molar-refractivity contribution in [1.29, 1.82) is 0 Å².